The summed E-state index contributed by atoms with van der Waals surface area (Å²) in [6.07, 6.45) is -0.0908. The zero-order valence-electron chi connectivity index (χ0n) is 8.81. The SMILES string of the molecule is CC(N)(CO)Cc1c(F)cccc1[N+](=O)[O-]. The summed E-state index contributed by atoms with van der Waals surface area (Å²) in [6, 6.07) is 3.62. The molecule has 0 amide bonds. The minimum Gasteiger partial charge on any atom is -0.394 e. The van der Waals surface area contributed by atoms with E-state index in [4.69, 9.17) is 10.8 Å². The number of benzene rings is 1. The molecule has 0 aromatic heterocycles. The monoisotopic (exact) mass is 228 g/mol. The molecule has 0 saturated carbocycles. The average molecular weight is 228 g/mol. The van der Waals surface area contributed by atoms with E-state index in [1.165, 1.54) is 19.1 Å². The number of nitro groups is 1. The summed E-state index contributed by atoms with van der Waals surface area (Å²) in [5.41, 5.74) is 4.18. The van der Waals surface area contributed by atoms with E-state index >= 15 is 0 Å². The number of rotatable bonds is 4. The van der Waals surface area contributed by atoms with Gasteiger partial charge in [0.25, 0.3) is 5.69 Å². The first-order valence-corrected chi connectivity index (χ1v) is 4.69. The quantitative estimate of drug-likeness (QED) is 0.594. The van der Waals surface area contributed by atoms with Crippen LogP contribution in [0, 0.1) is 15.9 Å². The van der Waals surface area contributed by atoms with Crippen molar-refractivity contribution in [2.45, 2.75) is 18.9 Å². The standard InChI is InChI=1S/C10H13FN2O3/c1-10(12,6-14)5-7-8(11)3-2-4-9(7)13(15)16/h2-4,14H,5-6,12H2,1H3. The topological polar surface area (TPSA) is 89.4 Å². The van der Waals surface area contributed by atoms with Crippen molar-refractivity contribution in [3.05, 3.63) is 39.7 Å². The molecule has 0 fully saturated rings. The van der Waals surface area contributed by atoms with E-state index in [0.717, 1.165) is 6.07 Å². The maximum Gasteiger partial charge on any atom is 0.275 e. The lowest BCUT2D eigenvalue weighted by molar-refractivity contribution is -0.385. The largest absolute Gasteiger partial charge is 0.394 e. The van der Waals surface area contributed by atoms with Crippen molar-refractivity contribution in [1.29, 1.82) is 0 Å². The lowest BCUT2D eigenvalue weighted by Gasteiger charge is -2.21. The molecule has 0 aliphatic rings. The van der Waals surface area contributed by atoms with E-state index in [0.29, 0.717) is 0 Å². The molecular formula is C10H13FN2O3. The van der Waals surface area contributed by atoms with Gasteiger partial charge in [0.05, 0.1) is 17.1 Å². The fourth-order valence-corrected chi connectivity index (χ4v) is 1.35. The van der Waals surface area contributed by atoms with Crippen molar-refractivity contribution in [1.82, 2.24) is 0 Å². The summed E-state index contributed by atoms with van der Waals surface area (Å²) < 4.78 is 13.4. The number of nitrogens with zero attached hydrogens (tertiary/aromatic N) is 1. The van der Waals surface area contributed by atoms with E-state index in [1.54, 1.807) is 0 Å². The first-order chi connectivity index (χ1) is 7.37. The van der Waals surface area contributed by atoms with Crippen molar-refractivity contribution < 1.29 is 14.4 Å². The molecule has 0 spiro atoms. The average Bonchev–Trinajstić information content (AvgIpc) is 2.20. The second kappa shape index (κ2) is 4.54. The summed E-state index contributed by atoms with van der Waals surface area (Å²) >= 11 is 0. The van der Waals surface area contributed by atoms with Crippen molar-refractivity contribution in [3.8, 4) is 0 Å². The van der Waals surface area contributed by atoms with Crippen LogP contribution in [0.1, 0.15) is 12.5 Å². The third-order valence-corrected chi connectivity index (χ3v) is 2.23. The Labute approximate surface area is 91.8 Å². The van der Waals surface area contributed by atoms with Gasteiger partial charge in [-0.05, 0) is 13.0 Å². The maximum absolute atomic E-state index is 13.4. The molecule has 0 aliphatic carbocycles. The minimum atomic E-state index is -1.08. The molecule has 0 bridgehead atoms. The summed E-state index contributed by atoms with van der Waals surface area (Å²) in [5, 5.41) is 19.6. The molecule has 16 heavy (non-hydrogen) atoms. The van der Waals surface area contributed by atoms with Crippen LogP contribution in [0.3, 0.4) is 0 Å². The normalized spacial score (nSPS) is 14.5. The second-order valence-corrected chi connectivity index (χ2v) is 3.98. The first-order valence-electron chi connectivity index (χ1n) is 4.69. The van der Waals surface area contributed by atoms with Crippen LogP contribution >= 0.6 is 0 Å². The Kier molecular flexibility index (Phi) is 3.56. The van der Waals surface area contributed by atoms with Crippen molar-refractivity contribution >= 4 is 5.69 Å². The van der Waals surface area contributed by atoms with Crippen LogP contribution in [-0.2, 0) is 6.42 Å². The van der Waals surface area contributed by atoms with Crippen LogP contribution in [0.2, 0.25) is 0 Å². The number of halogens is 1. The molecule has 1 aromatic rings. The van der Waals surface area contributed by atoms with Gasteiger partial charge in [0.2, 0.25) is 0 Å². The van der Waals surface area contributed by atoms with Gasteiger partial charge in [0.15, 0.2) is 0 Å². The van der Waals surface area contributed by atoms with Crippen molar-refractivity contribution in [2.75, 3.05) is 6.61 Å². The smallest absolute Gasteiger partial charge is 0.275 e. The van der Waals surface area contributed by atoms with Gasteiger partial charge in [-0.3, -0.25) is 10.1 Å². The molecule has 6 heteroatoms. The van der Waals surface area contributed by atoms with Crippen LogP contribution in [0.5, 0.6) is 0 Å². The molecule has 1 atom stereocenters. The van der Waals surface area contributed by atoms with Gasteiger partial charge in [-0.2, -0.15) is 0 Å². The van der Waals surface area contributed by atoms with E-state index in [9.17, 15) is 14.5 Å². The Bertz CT molecular complexity index is 407. The Balaban J connectivity index is 3.16. The molecule has 1 aromatic carbocycles. The summed E-state index contributed by atoms with van der Waals surface area (Å²) in [5.74, 6) is -0.681. The lowest BCUT2D eigenvalue weighted by Crippen LogP contribution is -2.42. The zero-order valence-corrected chi connectivity index (χ0v) is 8.81. The zero-order chi connectivity index (χ0) is 12.3. The van der Waals surface area contributed by atoms with E-state index in [-0.39, 0.29) is 24.3 Å². The molecule has 0 aliphatic heterocycles. The molecule has 5 nitrogen and oxygen atoms in total. The number of aliphatic hydroxyl groups is 1. The van der Waals surface area contributed by atoms with Gasteiger partial charge in [0, 0.05) is 18.0 Å². The Morgan fingerprint density at radius 1 is 1.62 bits per heavy atom. The Morgan fingerprint density at radius 3 is 2.75 bits per heavy atom. The van der Waals surface area contributed by atoms with Crippen LogP contribution in [0.4, 0.5) is 10.1 Å². The van der Waals surface area contributed by atoms with Gasteiger partial charge in [-0.25, -0.2) is 4.39 Å². The molecule has 1 rings (SSSR count). The molecule has 3 N–H and O–H groups in total. The Hall–Kier alpha value is -1.53. The van der Waals surface area contributed by atoms with Gasteiger partial charge in [-0.1, -0.05) is 6.07 Å². The molecule has 1 unspecified atom stereocenters. The van der Waals surface area contributed by atoms with Gasteiger partial charge >= 0.3 is 0 Å². The van der Waals surface area contributed by atoms with Crippen LogP contribution < -0.4 is 5.73 Å². The van der Waals surface area contributed by atoms with E-state index in [2.05, 4.69) is 0 Å². The van der Waals surface area contributed by atoms with Crippen LogP contribution in [-0.4, -0.2) is 22.2 Å². The maximum atomic E-state index is 13.4. The van der Waals surface area contributed by atoms with Crippen molar-refractivity contribution in [2.24, 2.45) is 5.73 Å². The molecule has 88 valence electrons. The lowest BCUT2D eigenvalue weighted by atomic mass is 9.93. The predicted molar refractivity (Wildman–Crippen MR) is 56.4 cm³/mol. The second-order valence-electron chi connectivity index (χ2n) is 3.98. The number of hydrogen-bond acceptors (Lipinski definition) is 4. The highest BCUT2D eigenvalue weighted by molar-refractivity contribution is 5.41. The van der Waals surface area contributed by atoms with Gasteiger partial charge in [0.1, 0.15) is 5.82 Å². The molecule has 0 heterocycles. The number of nitrogens with two attached hydrogens (primary N) is 1. The van der Waals surface area contributed by atoms with Gasteiger partial charge < -0.3 is 10.8 Å². The summed E-state index contributed by atoms with van der Waals surface area (Å²) in [7, 11) is 0. The highest BCUT2D eigenvalue weighted by Gasteiger charge is 2.26. The van der Waals surface area contributed by atoms with E-state index < -0.39 is 16.3 Å². The van der Waals surface area contributed by atoms with Crippen LogP contribution in [0.25, 0.3) is 0 Å². The third kappa shape index (κ3) is 2.74. The first kappa shape index (κ1) is 12.5. The number of aliphatic hydroxyl groups excluding tert-OH is 1. The van der Waals surface area contributed by atoms with Gasteiger partial charge in [-0.15, -0.1) is 0 Å². The van der Waals surface area contributed by atoms with E-state index in [1.807, 2.05) is 0 Å². The molecule has 0 saturated heterocycles. The number of hydrogen-bond donors (Lipinski definition) is 2. The van der Waals surface area contributed by atoms with Crippen molar-refractivity contribution in [3.63, 3.8) is 0 Å². The molecule has 0 radical (unpaired) electrons. The number of nitro benzene ring substituents is 1. The fraction of sp³-hybridized carbons (Fsp3) is 0.400. The van der Waals surface area contributed by atoms with Crippen LogP contribution in [0.15, 0.2) is 18.2 Å². The summed E-state index contributed by atoms with van der Waals surface area (Å²) in [6.45, 7) is 1.13. The highest BCUT2D eigenvalue weighted by Crippen LogP contribution is 2.24. The third-order valence-electron chi connectivity index (χ3n) is 2.23. The predicted octanol–water partition coefficient (Wildman–Crippen LogP) is 0.986. The minimum absolute atomic E-state index is 0.0773. The highest BCUT2D eigenvalue weighted by atomic mass is 19.1. The fourth-order valence-electron chi connectivity index (χ4n) is 1.35. The Morgan fingerprint density at radius 2 is 2.25 bits per heavy atom. The molecular weight excluding hydrogens is 215 g/mol. The summed E-state index contributed by atoms with van der Waals surface area (Å²) in [4.78, 5) is 10.0.